The summed E-state index contributed by atoms with van der Waals surface area (Å²) in [6, 6.07) is 3.96. The number of hydrogen-bond acceptors (Lipinski definition) is 3. The maximum absolute atomic E-state index is 13.8. The molecule has 0 bridgehead atoms. The van der Waals surface area contributed by atoms with Gasteiger partial charge in [-0.25, -0.2) is 4.39 Å². The van der Waals surface area contributed by atoms with E-state index in [0.29, 0.717) is 0 Å². The zero-order valence-electron chi connectivity index (χ0n) is 12.0. The highest BCUT2D eigenvalue weighted by molar-refractivity contribution is 5.95. The topological polar surface area (TPSA) is 98.2 Å². The summed E-state index contributed by atoms with van der Waals surface area (Å²) in [6.07, 6.45) is -0.0126. The van der Waals surface area contributed by atoms with Crippen molar-refractivity contribution >= 4 is 11.8 Å². The van der Waals surface area contributed by atoms with Crippen LogP contribution in [0.5, 0.6) is 0 Å². The second-order valence-corrected chi connectivity index (χ2v) is 5.18. The van der Waals surface area contributed by atoms with Gasteiger partial charge in [0.05, 0.1) is 12.1 Å². The Balaban J connectivity index is 2.89. The second-order valence-electron chi connectivity index (χ2n) is 5.18. The fourth-order valence-corrected chi connectivity index (χ4v) is 1.76. The summed E-state index contributed by atoms with van der Waals surface area (Å²) in [7, 11) is 0. The lowest BCUT2D eigenvalue weighted by molar-refractivity contribution is -0.119. The van der Waals surface area contributed by atoms with Gasteiger partial charge in [-0.2, -0.15) is 0 Å². The molecule has 2 amide bonds. The molecule has 5 nitrogen and oxygen atoms in total. The first kappa shape index (κ1) is 16.7. The summed E-state index contributed by atoms with van der Waals surface area (Å²) >= 11 is 0. The minimum atomic E-state index is -0.808. The molecule has 0 saturated carbocycles. The summed E-state index contributed by atoms with van der Waals surface area (Å²) in [5.41, 5.74) is 9.83. The lowest BCUT2D eigenvalue weighted by Gasteiger charge is -2.24. The quantitative estimate of drug-likeness (QED) is 0.705. The van der Waals surface area contributed by atoms with E-state index < -0.39 is 23.2 Å². The molecule has 0 aliphatic carbocycles. The van der Waals surface area contributed by atoms with Crippen molar-refractivity contribution in [2.24, 2.45) is 11.5 Å². The van der Waals surface area contributed by atoms with Gasteiger partial charge in [-0.3, -0.25) is 9.59 Å². The highest BCUT2D eigenvalue weighted by Gasteiger charge is 2.23. The monoisotopic (exact) mass is 291 g/mol. The minimum Gasteiger partial charge on any atom is -0.370 e. The smallest absolute Gasteiger partial charge is 0.251 e. The zero-order chi connectivity index (χ0) is 16.0. The van der Waals surface area contributed by atoms with Gasteiger partial charge in [-0.15, -0.1) is 0 Å². The van der Waals surface area contributed by atoms with Crippen molar-refractivity contribution in [2.75, 3.05) is 6.54 Å². The molecule has 0 aliphatic rings. The molecule has 0 aliphatic heterocycles. The number of halogens is 1. The van der Waals surface area contributed by atoms with E-state index >= 15 is 0 Å². The first-order chi connectivity index (χ1) is 9.75. The number of nitrogens with one attached hydrogen (secondary N) is 1. The molecule has 6 heteroatoms. The zero-order valence-corrected chi connectivity index (χ0v) is 12.0. The van der Waals surface area contributed by atoms with E-state index in [2.05, 4.69) is 17.2 Å². The number of carbonyl (C=O) groups is 2. The Morgan fingerprint density at radius 1 is 1.38 bits per heavy atom. The Morgan fingerprint density at radius 2 is 2.05 bits per heavy atom. The van der Waals surface area contributed by atoms with Gasteiger partial charge in [0.1, 0.15) is 5.82 Å². The van der Waals surface area contributed by atoms with Gasteiger partial charge >= 0.3 is 0 Å². The van der Waals surface area contributed by atoms with Gasteiger partial charge < -0.3 is 16.8 Å². The van der Waals surface area contributed by atoms with Crippen molar-refractivity contribution in [2.45, 2.75) is 25.8 Å². The Hall–Kier alpha value is -2.39. The van der Waals surface area contributed by atoms with Crippen molar-refractivity contribution in [3.8, 4) is 11.8 Å². The van der Waals surface area contributed by atoms with Gasteiger partial charge in [-0.1, -0.05) is 11.8 Å². The molecule has 0 fully saturated rings. The molecule has 0 heterocycles. The van der Waals surface area contributed by atoms with Crippen molar-refractivity contribution in [1.29, 1.82) is 0 Å². The fourth-order valence-electron chi connectivity index (χ4n) is 1.76. The van der Waals surface area contributed by atoms with Crippen LogP contribution >= 0.6 is 0 Å². The largest absolute Gasteiger partial charge is 0.370 e. The van der Waals surface area contributed by atoms with E-state index in [4.69, 9.17) is 11.5 Å². The molecular weight excluding hydrogens is 273 g/mol. The highest BCUT2D eigenvalue weighted by Crippen LogP contribution is 2.13. The molecule has 0 atom stereocenters. The predicted octanol–water partition coefficient (Wildman–Crippen LogP) is 0.520. The van der Waals surface area contributed by atoms with Crippen molar-refractivity contribution in [3.63, 3.8) is 0 Å². The summed E-state index contributed by atoms with van der Waals surface area (Å²) < 4.78 is 13.8. The van der Waals surface area contributed by atoms with E-state index in [1.165, 1.54) is 12.1 Å². The molecule has 5 N–H and O–H groups in total. The lowest BCUT2D eigenvalue weighted by atomic mass is 9.99. The van der Waals surface area contributed by atoms with Crippen molar-refractivity contribution < 1.29 is 14.0 Å². The molecule has 0 radical (unpaired) electrons. The third-order valence-electron chi connectivity index (χ3n) is 2.62. The Bertz CT molecular complexity index is 615. The van der Waals surface area contributed by atoms with Gasteiger partial charge in [0.15, 0.2) is 0 Å². The number of primary amides is 1. The lowest BCUT2D eigenvalue weighted by Crippen LogP contribution is -2.46. The fraction of sp³-hybridized carbons (Fsp3) is 0.333. The molecule has 21 heavy (non-hydrogen) atoms. The summed E-state index contributed by atoms with van der Waals surface area (Å²) in [5.74, 6) is 3.49. The molecule has 0 unspecified atom stereocenters. The van der Waals surface area contributed by atoms with Crippen LogP contribution in [0.3, 0.4) is 0 Å². The summed E-state index contributed by atoms with van der Waals surface area (Å²) in [5, 5.41) is 2.63. The summed E-state index contributed by atoms with van der Waals surface area (Å²) in [4.78, 5) is 23.0. The van der Waals surface area contributed by atoms with E-state index in [0.717, 1.165) is 6.07 Å². The third kappa shape index (κ3) is 5.24. The molecule has 1 rings (SSSR count). The van der Waals surface area contributed by atoms with Crippen molar-refractivity contribution in [1.82, 2.24) is 5.32 Å². The maximum atomic E-state index is 13.8. The van der Waals surface area contributed by atoms with Crippen LogP contribution in [-0.2, 0) is 4.79 Å². The Kier molecular flexibility index (Phi) is 5.44. The van der Waals surface area contributed by atoms with Crippen LogP contribution in [-0.4, -0.2) is 23.9 Å². The van der Waals surface area contributed by atoms with Gasteiger partial charge in [0.25, 0.3) is 5.91 Å². The maximum Gasteiger partial charge on any atom is 0.251 e. The normalized spacial score (nSPS) is 10.5. The van der Waals surface area contributed by atoms with Crippen LogP contribution in [0.25, 0.3) is 0 Å². The van der Waals surface area contributed by atoms with Gasteiger partial charge in [0, 0.05) is 17.5 Å². The van der Waals surface area contributed by atoms with E-state index in [-0.39, 0.29) is 24.1 Å². The minimum absolute atomic E-state index is 0.0126. The molecule has 0 spiro atoms. The predicted molar refractivity (Wildman–Crippen MR) is 77.7 cm³/mol. The van der Waals surface area contributed by atoms with Gasteiger partial charge in [-0.05, 0) is 32.0 Å². The van der Waals surface area contributed by atoms with Crippen LogP contribution in [0, 0.1) is 17.7 Å². The van der Waals surface area contributed by atoms with E-state index in [1.54, 1.807) is 13.8 Å². The first-order valence-electron chi connectivity index (χ1n) is 6.34. The average Bonchev–Trinajstić information content (AvgIpc) is 2.34. The number of hydrogen-bond donors (Lipinski definition) is 3. The SMILES string of the molecule is CC(C)(CC(N)=O)NC(=O)c1ccc(C#CCN)c(F)c1. The van der Waals surface area contributed by atoms with Crippen LogP contribution in [0.2, 0.25) is 0 Å². The highest BCUT2D eigenvalue weighted by atomic mass is 19.1. The first-order valence-corrected chi connectivity index (χ1v) is 6.34. The average molecular weight is 291 g/mol. The Labute approximate surface area is 122 Å². The molecule has 1 aromatic rings. The third-order valence-corrected chi connectivity index (χ3v) is 2.62. The van der Waals surface area contributed by atoms with Crippen LogP contribution < -0.4 is 16.8 Å². The van der Waals surface area contributed by atoms with Crippen LogP contribution in [0.4, 0.5) is 4.39 Å². The second kappa shape index (κ2) is 6.86. The number of nitrogens with two attached hydrogens (primary N) is 2. The van der Waals surface area contributed by atoms with Crippen molar-refractivity contribution in [3.05, 3.63) is 35.1 Å². The molecule has 1 aromatic carbocycles. The number of carbonyl (C=O) groups excluding carboxylic acids is 2. The molecule has 0 saturated heterocycles. The number of rotatable bonds is 4. The molecule has 112 valence electrons. The van der Waals surface area contributed by atoms with E-state index in [1.807, 2.05) is 0 Å². The van der Waals surface area contributed by atoms with E-state index in [9.17, 15) is 14.0 Å². The van der Waals surface area contributed by atoms with Crippen LogP contribution in [0.1, 0.15) is 36.2 Å². The van der Waals surface area contributed by atoms with Crippen LogP contribution in [0.15, 0.2) is 18.2 Å². The number of benzene rings is 1. The standard InChI is InChI=1S/C15H18FN3O2/c1-15(2,9-13(18)20)19-14(21)11-6-5-10(4-3-7-17)12(16)8-11/h5-6,8H,7,9,17H2,1-2H3,(H2,18,20)(H,19,21). The Morgan fingerprint density at radius 3 is 2.57 bits per heavy atom. The summed E-state index contributed by atoms with van der Waals surface area (Å²) in [6.45, 7) is 3.45. The molecular formula is C15H18FN3O2. The number of amides is 2. The van der Waals surface area contributed by atoms with Gasteiger partial charge in [0.2, 0.25) is 5.91 Å². The molecule has 0 aromatic heterocycles.